The fourth-order valence-electron chi connectivity index (χ4n) is 3.96. The molecule has 0 radical (unpaired) electrons. The number of carbonyl (C=O) groups is 1. The minimum absolute atomic E-state index is 0.0298. The van der Waals surface area contributed by atoms with E-state index in [0.29, 0.717) is 5.69 Å². The van der Waals surface area contributed by atoms with E-state index in [2.05, 4.69) is 41.4 Å². The van der Waals surface area contributed by atoms with Crippen molar-refractivity contribution in [3.63, 3.8) is 0 Å². The van der Waals surface area contributed by atoms with Crippen molar-refractivity contribution in [1.29, 1.82) is 0 Å². The molecular weight excluding hydrogens is 302 g/mol. The van der Waals surface area contributed by atoms with Crippen LogP contribution in [-0.2, 0) is 16.6 Å². The molecule has 0 bridgehead atoms. The molecule has 2 aliphatic heterocycles. The smallest absolute Gasteiger partial charge is 0.274 e. The Morgan fingerprint density at radius 1 is 1.29 bits per heavy atom. The lowest BCUT2D eigenvalue weighted by molar-refractivity contribution is -0.00712. The zero-order chi connectivity index (χ0) is 16.9. The third-order valence-electron chi connectivity index (χ3n) is 5.27. The monoisotopic (exact) mass is 325 g/mol. The van der Waals surface area contributed by atoms with E-state index in [1.807, 2.05) is 24.8 Å². The highest BCUT2D eigenvalue weighted by molar-refractivity contribution is 5.95. The van der Waals surface area contributed by atoms with Crippen LogP contribution in [-0.4, -0.2) is 40.2 Å². The number of ether oxygens (including phenoxy) is 1. The summed E-state index contributed by atoms with van der Waals surface area (Å²) in [6.45, 7) is 7.72. The van der Waals surface area contributed by atoms with E-state index in [0.717, 1.165) is 30.8 Å². The Labute approximate surface area is 142 Å². The molecule has 1 amide bonds. The molecule has 126 valence electrons. The Morgan fingerprint density at radius 2 is 2.00 bits per heavy atom. The highest BCUT2D eigenvalue weighted by Gasteiger charge is 2.44. The van der Waals surface area contributed by atoms with Crippen LogP contribution < -0.4 is 0 Å². The number of carbonyl (C=O) groups excluding carboxylic acids is 1. The first-order valence-corrected chi connectivity index (χ1v) is 8.55. The van der Waals surface area contributed by atoms with Crippen LogP contribution in [0.3, 0.4) is 0 Å². The molecule has 2 atom stereocenters. The van der Waals surface area contributed by atoms with E-state index in [-0.39, 0.29) is 23.5 Å². The Kier molecular flexibility index (Phi) is 3.49. The first-order chi connectivity index (χ1) is 11.5. The highest BCUT2D eigenvalue weighted by atomic mass is 16.5. The number of nitrogens with one attached hydrogen (secondary N) is 1. The molecule has 4 rings (SSSR count). The van der Waals surface area contributed by atoms with Gasteiger partial charge in [0.15, 0.2) is 5.69 Å². The third kappa shape index (κ3) is 2.35. The van der Waals surface area contributed by atoms with Crippen LogP contribution in [0.25, 0.3) is 0 Å². The molecule has 2 aliphatic rings. The number of hydrogen-bond acceptors (Lipinski definition) is 3. The molecule has 0 saturated carbocycles. The molecule has 0 unspecified atom stereocenters. The SMILES string of the molecule is C[C@@H]1Cc2c(C(=O)N3CC(C)(c4ccccc4)C3)n[nH]c2[C@H](C)O1. The number of amides is 1. The van der Waals surface area contributed by atoms with Gasteiger partial charge in [-0.3, -0.25) is 9.89 Å². The predicted molar refractivity (Wildman–Crippen MR) is 91.0 cm³/mol. The molecule has 0 spiro atoms. The van der Waals surface area contributed by atoms with Gasteiger partial charge in [-0.15, -0.1) is 0 Å². The van der Waals surface area contributed by atoms with Crippen LogP contribution in [0.15, 0.2) is 30.3 Å². The van der Waals surface area contributed by atoms with Crippen molar-refractivity contribution in [2.24, 2.45) is 0 Å². The molecule has 24 heavy (non-hydrogen) atoms. The predicted octanol–water partition coefficient (Wildman–Crippen LogP) is 2.85. The summed E-state index contributed by atoms with van der Waals surface area (Å²) in [6.07, 6.45) is 0.813. The molecule has 1 saturated heterocycles. The minimum atomic E-state index is -0.0382. The number of fused-ring (bicyclic) bond motifs is 1. The summed E-state index contributed by atoms with van der Waals surface area (Å²) in [4.78, 5) is 14.8. The van der Waals surface area contributed by atoms with Gasteiger partial charge in [0, 0.05) is 30.5 Å². The van der Waals surface area contributed by atoms with Crippen molar-refractivity contribution in [3.05, 3.63) is 52.8 Å². The second-order valence-electron chi connectivity index (χ2n) is 7.35. The van der Waals surface area contributed by atoms with Gasteiger partial charge in [0.1, 0.15) is 0 Å². The Balaban J connectivity index is 1.53. The number of nitrogens with zero attached hydrogens (tertiary/aromatic N) is 2. The van der Waals surface area contributed by atoms with E-state index in [1.54, 1.807) is 0 Å². The third-order valence-corrected chi connectivity index (χ3v) is 5.27. The molecule has 2 aromatic rings. The highest BCUT2D eigenvalue weighted by Crippen LogP contribution is 2.36. The number of H-pyrrole nitrogens is 1. The van der Waals surface area contributed by atoms with Crippen LogP contribution in [0, 0.1) is 0 Å². The van der Waals surface area contributed by atoms with Crippen molar-refractivity contribution < 1.29 is 9.53 Å². The van der Waals surface area contributed by atoms with Gasteiger partial charge in [-0.2, -0.15) is 5.10 Å². The molecule has 5 nitrogen and oxygen atoms in total. The average molecular weight is 325 g/mol. The summed E-state index contributed by atoms with van der Waals surface area (Å²) in [6, 6.07) is 10.4. The lowest BCUT2D eigenvalue weighted by Gasteiger charge is -2.48. The largest absolute Gasteiger partial charge is 0.369 e. The maximum absolute atomic E-state index is 12.9. The van der Waals surface area contributed by atoms with Crippen molar-refractivity contribution in [2.45, 2.75) is 44.8 Å². The average Bonchev–Trinajstić information content (AvgIpc) is 2.96. The summed E-state index contributed by atoms with van der Waals surface area (Å²) in [5.74, 6) is 0.0298. The van der Waals surface area contributed by atoms with E-state index in [1.165, 1.54) is 5.56 Å². The molecule has 1 aromatic carbocycles. The summed E-state index contributed by atoms with van der Waals surface area (Å²) >= 11 is 0. The minimum Gasteiger partial charge on any atom is -0.369 e. The Morgan fingerprint density at radius 3 is 2.71 bits per heavy atom. The number of aromatic amines is 1. The fourth-order valence-corrected chi connectivity index (χ4v) is 3.96. The summed E-state index contributed by atoms with van der Waals surface area (Å²) in [7, 11) is 0. The first kappa shape index (κ1) is 15.4. The van der Waals surface area contributed by atoms with E-state index in [4.69, 9.17) is 4.74 Å². The molecule has 0 aliphatic carbocycles. The number of aromatic nitrogens is 2. The summed E-state index contributed by atoms with van der Waals surface area (Å²) in [5.41, 5.74) is 3.87. The van der Waals surface area contributed by atoms with Crippen LogP contribution in [0.2, 0.25) is 0 Å². The van der Waals surface area contributed by atoms with Gasteiger partial charge in [0.25, 0.3) is 5.91 Å². The second kappa shape index (κ2) is 5.45. The standard InChI is InChI=1S/C19H23N3O2/c1-12-9-15-16(13(2)24-12)20-21-17(15)18(23)22-10-19(3,11-22)14-7-5-4-6-8-14/h4-8,12-13H,9-11H2,1-3H3,(H,20,21)/t12-,13+/m1/s1. The topological polar surface area (TPSA) is 58.2 Å². The van der Waals surface area contributed by atoms with Crippen molar-refractivity contribution >= 4 is 5.91 Å². The van der Waals surface area contributed by atoms with Gasteiger partial charge >= 0.3 is 0 Å². The summed E-state index contributed by atoms with van der Waals surface area (Å²) in [5, 5.41) is 7.32. The van der Waals surface area contributed by atoms with E-state index in [9.17, 15) is 4.79 Å². The van der Waals surface area contributed by atoms with Crippen LogP contribution >= 0.6 is 0 Å². The molecule has 1 fully saturated rings. The van der Waals surface area contributed by atoms with Crippen LogP contribution in [0.5, 0.6) is 0 Å². The molecular formula is C19H23N3O2. The van der Waals surface area contributed by atoms with Crippen LogP contribution in [0.4, 0.5) is 0 Å². The van der Waals surface area contributed by atoms with Gasteiger partial charge in [0.2, 0.25) is 0 Å². The molecule has 1 N–H and O–H groups in total. The fraction of sp³-hybridized carbons (Fsp3) is 0.474. The van der Waals surface area contributed by atoms with Crippen LogP contribution in [0.1, 0.15) is 54.2 Å². The molecule has 1 aromatic heterocycles. The second-order valence-corrected chi connectivity index (χ2v) is 7.35. The molecule has 3 heterocycles. The van der Waals surface area contributed by atoms with Crippen molar-refractivity contribution in [2.75, 3.05) is 13.1 Å². The number of benzene rings is 1. The maximum atomic E-state index is 12.9. The maximum Gasteiger partial charge on any atom is 0.274 e. The van der Waals surface area contributed by atoms with E-state index >= 15 is 0 Å². The Hall–Kier alpha value is -2.14. The van der Waals surface area contributed by atoms with E-state index < -0.39 is 0 Å². The Bertz CT molecular complexity index is 762. The van der Waals surface area contributed by atoms with Gasteiger partial charge in [-0.25, -0.2) is 0 Å². The number of hydrogen-bond donors (Lipinski definition) is 1. The zero-order valence-electron chi connectivity index (χ0n) is 14.4. The number of rotatable bonds is 2. The summed E-state index contributed by atoms with van der Waals surface area (Å²) < 4.78 is 5.80. The van der Waals surface area contributed by atoms with Gasteiger partial charge in [-0.05, 0) is 19.4 Å². The van der Waals surface area contributed by atoms with Crippen molar-refractivity contribution in [1.82, 2.24) is 15.1 Å². The van der Waals surface area contributed by atoms with Gasteiger partial charge < -0.3 is 9.64 Å². The normalized spacial score (nSPS) is 25.0. The van der Waals surface area contributed by atoms with Crippen molar-refractivity contribution in [3.8, 4) is 0 Å². The quantitative estimate of drug-likeness (QED) is 0.924. The lowest BCUT2D eigenvalue weighted by Crippen LogP contribution is -2.59. The lowest BCUT2D eigenvalue weighted by atomic mass is 9.75. The number of likely N-dealkylation sites (tertiary alicyclic amines) is 1. The molecule has 5 heteroatoms. The van der Waals surface area contributed by atoms with Gasteiger partial charge in [0.05, 0.1) is 17.9 Å². The van der Waals surface area contributed by atoms with Gasteiger partial charge in [-0.1, -0.05) is 37.3 Å². The first-order valence-electron chi connectivity index (χ1n) is 8.55. The zero-order valence-corrected chi connectivity index (χ0v) is 14.4.